The highest BCUT2D eigenvalue weighted by Gasteiger charge is 2.19. The molecule has 1 N–H and O–H groups in total. The number of hydrogen-bond acceptors (Lipinski definition) is 4. The van der Waals surface area contributed by atoms with Gasteiger partial charge in [-0.05, 0) is 50.4 Å². The Hall–Kier alpha value is -2.86. The Morgan fingerprint density at radius 2 is 1.84 bits per heavy atom. The van der Waals surface area contributed by atoms with Gasteiger partial charge in [0.25, 0.3) is 0 Å². The molecule has 1 atom stereocenters. The lowest BCUT2D eigenvalue weighted by Gasteiger charge is -2.23. The Labute approximate surface area is 145 Å². The first kappa shape index (κ1) is 17.0. The zero-order valence-electron chi connectivity index (χ0n) is 14.1. The van der Waals surface area contributed by atoms with Crippen LogP contribution in [0.3, 0.4) is 0 Å². The van der Waals surface area contributed by atoms with Gasteiger partial charge in [-0.15, -0.1) is 0 Å². The van der Waals surface area contributed by atoms with E-state index >= 15 is 0 Å². The summed E-state index contributed by atoms with van der Waals surface area (Å²) in [6, 6.07) is 13.0. The zero-order valence-corrected chi connectivity index (χ0v) is 14.1. The van der Waals surface area contributed by atoms with Crippen LogP contribution in [0.15, 0.2) is 54.7 Å². The fraction of sp³-hybridized carbons (Fsp3) is 0.211. The van der Waals surface area contributed by atoms with Crippen molar-refractivity contribution in [3.63, 3.8) is 0 Å². The monoisotopic (exact) mass is 338 g/mol. The first-order valence-corrected chi connectivity index (χ1v) is 8.00. The Balaban J connectivity index is 1.65. The maximum absolute atomic E-state index is 12.9. The number of nitrogens with zero attached hydrogens (tertiary/aromatic N) is 3. The van der Waals surface area contributed by atoms with Gasteiger partial charge in [-0.3, -0.25) is 14.7 Å². The fourth-order valence-electron chi connectivity index (χ4n) is 2.44. The average molecular weight is 338 g/mol. The van der Waals surface area contributed by atoms with E-state index in [-0.39, 0.29) is 17.8 Å². The third kappa shape index (κ3) is 4.16. The van der Waals surface area contributed by atoms with Gasteiger partial charge in [0.2, 0.25) is 5.91 Å². The minimum absolute atomic E-state index is 0.164. The molecule has 0 aliphatic carbocycles. The summed E-state index contributed by atoms with van der Waals surface area (Å²) in [5.74, 6) is -0.499. The van der Waals surface area contributed by atoms with E-state index in [9.17, 15) is 9.18 Å². The molecule has 0 fully saturated rings. The van der Waals surface area contributed by atoms with Crippen LogP contribution in [-0.2, 0) is 11.3 Å². The number of para-hydroxylation sites is 2. The molecule has 5 nitrogen and oxygen atoms in total. The lowest BCUT2D eigenvalue weighted by molar-refractivity contribution is -0.120. The maximum Gasteiger partial charge on any atom is 0.241 e. The van der Waals surface area contributed by atoms with E-state index < -0.39 is 0 Å². The fourth-order valence-corrected chi connectivity index (χ4v) is 2.44. The van der Waals surface area contributed by atoms with Crippen molar-refractivity contribution in [1.29, 1.82) is 0 Å². The van der Waals surface area contributed by atoms with E-state index in [1.54, 1.807) is 6.20 Å². The number of anilines is 1. The smallest absolute Gasteiger partial charge is 0.241 e. The van der Waals surface area contributed by atoms with Gasteiger partial charge in [-0.1, -0.05) is 12.1 Å². The Bertz CT molecular complexity index is 882. The first-order valence-electron chi connectivity index (χ1n) is 8.00. The summed E-state index contributed by atoms with van der Waals surface area (Å²) < 4.78 is 12.9. The number of hydrogen-bond donors (Lipinski definition) is 1. The number of halogens is 1. The van der Waals surface area contributed by atoms with Crippen LogP contribution in [0.2, 0.25) is 0 Å². The van der Waals surface area contributed by atoms with Crippen molar-refractivity contribution in [2.75, 3.05) is 12.4 Å². The summed E-state index contributed by atoms with van der Waals surface area (Å²) >= 11 is 0. The summed E-state index contributed by atoms with van der Waals surface area (Å²) in [5, 5.41) is 2.78. The number of rotatable bonds is 5. The van der Waals surface area contributed by atoms with Crippen LogP contribution in [-0.4, -0.2) is 33.9 Å². The normalized spacial score (nSPS) is 12.3. The van der Waals surface area contributed by atoms with E-state index in [4.69, 9.17) is 0 Å². The third-order valence-electron chi connectivity index (χ3n) is 4.06. The molecule has 1 aromatic heterocycles. The average Bonchev–Trinajstić information content (AvgIpc) is 2.62. The molecule has 0 saturated heterocycles. The molecule has 25 heavy (non-hydrogen) atoms. The molecule has 0 radical (unpaired) electrons. The molecule has 1 heterocycles. The van der Waals surface area contributed by atoms with Gasteiger partial charge in [0.15, 0.2) is 0 Å². The van der Waals surface area contributed by atoms with Gasteiger partial charge >= 0.3 is 0 Å². The quantitative estimate of drug-likeness (QED) is 0.776. The molecule has 0 aliphatic heterocycles. The van der Waals surface area contributed by atoms with E-state index in [0.29, 0.717) is 12.2 Å². The number of benzene rings is 2. The Morgan fingerprint density at radius 3 is 2.56 bits per heavy atom. The predicted octanol–water partition coefficient (Wildman–Crippen LogP) is 3.23. The van der Waals surface area contributed by atoms with Gasteiger partial charge in [-0.2, -0.15) is 0 Å². The molecule has 0 aliphatic rings. The molecule has 0 bridgehead atoms. The summed E-state index contributed by atoms with van der Waals surface area (Å²) in [4.78, 5) is 23.2. The van der Waals surface area contributed by atoms with E-state index in [2.05, 4.69) is 15.3 Å². The minimum atomic E-state index is -0.377. The Morgan fingerprint density at radius 1 is 1.16 bits per heavy atom. The van der Waals surface area contributed by atoms with Gasteiger partial charge < -0.3 is 5.32 Å². The van der Waals surface area contributed by atoms with Crippen molar-refractivity contribution in [3.05, 3.63) is 66.2 Å². The second kappa shape index (κ2) is 7.36. The second-order valence-corrected chi connectivity index (χ2v) is 5.94. The van der Waals surface area contributed by atoms with Crippen LogP contribution < -0.4 is 5.32 Å². The highest BCUT2D eigenvalue weighted by Crippen LogP contribution is 2.12. The molecular formula is C19H19FN4O. The van der Waals surface area contributed by atoms with Gasteiger partial charge in [0.1, 0.15) is 5.82 Å². The van der Waals surface area contributed by atoms with Crippen LogP contribution in [0.25, 0.3) is 11.0 Å². The van der Waals surface area contributed by atoms with Crippen LogP contribution >= 0.6 is 0 Å². The minimum Gasteiger partial charge on any atom is -0.325 e. The van der Waals surface area contributed by atoms with Crippen molar-refractivity contribution in [1.82, 2.24) is 14.9 Å². The topological polar surface area (TPSA) is 58.1 Å². The number of likely N-dealkylation sites (N-methyl/N-ethyl adjacent to an activating group) is 1. The van der Waals surface area contributed by atoms with Gasteiger partial charge in [-0.25, -0.2) is 9.37 Å². The Kier molecular flexibility index (Phi) is 5.00. The summed E-state index contributed by atoms with van der Waals surface area (Å²) in [6.07, 6.45) is 1.73. The molecule has 2 aromatic carbocycles. The standard InChI is InChI=1S/C19H19FN4O/c1-13(19(25)23-15-9-7-14(20)8-10-15)24(2)12-16-11-21-17-5-3-4-6-18(17)22-16/h3-11,13H,12H2,1-2H3,(H,23,25)/t13-/m1/s1. The van der Waals surface area contributed by atoms with Crippen LogP contribution in [0.1, 0.15) is 12.6 Å². The van der Waals surface area contributed by atoms with Crippen LogP contribution in [0.4, 0.5) is 10.1 Å². The van der Waals surface area contributed by atoms with Crippen LogP contribution in [0, 0.1) is 5.82 Å². The third-order valence-corrected chi connectivity index (χ3v) is 4.06. The molecule has 128 valence electrons. The maximum atomic E-state index is 12.9. The highest BCUT2D eigenvalue weighted by molar-refractivity contribution is 5.94. The van der Waals surface area contributed by atoms with Crippen molar-refractivity contribution in [2.45, 2.75) is 19.5 Å². The lowest BCUT2D eigenvalue weighted by atomic mass is 10.2. The summed E-state index contributed by atoms with van der Waals surface area (Å²) in [5.41, 5.74) is 3.03. The summed E-state index contributed by atoms with van der Waals surface area (Å²) in [6.45, 7) is 2.31. The number of nitrogens with one attached hydrogen (secondary N) is 1. The van der Waals surface area contributed by atoms with Crippen molar-refractivity contribution < 1.29 is 9.18 Å². The molecular weight excluding hydrogens is 319 g/mol. The number of fused-ring (bicyclic) bond motifs is 1. The molecule has 1 amide bonds. The molecule has 3 aromatic rings. The van der Waals surface area contributed by atoms with E-state index in [0.717, 1.165) is 16.7 Å². The predicted molar refractivity (Wildman–Crippen MR) is 95.5 cm³/mol. The number of carbonyl (C=O) groups is 1. The first-order chi connectivity index (χ1) is 12.0. The highest BCUT2D eigenvalue weighted by atomic mass is 19.1. The molecule has 6 heteroatoms. The largest absolute Gasteiger partial charge is 0.325 e. The van der Waals surface area contributed by atoms with Crippen molar-refractivity contribution >= 4 is 22.6 Å². The van der Waals surface area contributed by atoms with E-state index in [1.165, 1.54) is 24.3 Å². The lowest BCUT2D eigenvalue weighted by Crippen LogP contribution is -2.39. The molecule has 0 unspecified atom stereocenters. The van der Waals surface area contributed by atoms with Gasteiger partial charge in [0, 0.05) is 12.2 Å². The number of amides is 1. The van der Waals surface area contributed by atoms with E-state index in [1.807, 2.05) is 43.1 Å². The number of aromatic nitrogens is 2. The SMILES string of the molecule is C[C@H](C(=O)Nc1ccc(F)cc1)N(C)Cc1cnc2ccccc2n1. The van der Waals surface area contributed by atoms with Crippen molar-refractivity contribution in [2.24, 2.45) is 0 Å². The van der Waals surface area contributed by atoms with Crippen molar-refractivity contribution in [3.8, 4) is 0 Å². The molecule has 0 spiro atoms. The molecule has 0 saturated carbocycles. The zero-order chi connectivity index (χ0) is 17.8. The molecule has 3 rings (SSSR count). The number of carbonyl (C=O) groups excluding carboxylic acids is 1. The second-order valence-electron chi connectivity index (χ2n) is 5.94. The van der Waals surface area contributed by atoms with Crippen LogP contribution in [0.5, 0.6) is 0 Å². The summed E-state index contributed by atoms with van der Waals surface area (Å²) in [7, 11) is 1.85. The van der Waals surface area contributed by atoms with Gasteiger partial charge in [0.05, 0.1) is 29.0 Å².